The van der Waals surface area contributed by atoms with E-state index in [4.69, 9.17) is 15.4 Å². The third kappa shape index (κ3) is 4.95. The maximum Gasteiger partial charge on any atom is 0.261 e. The Morgan fingerprint density at radius 1 is 1.16 bits per heavy atom. The van der Waals surface area contributed by atoms with Crippen molar-refractivity contribution in [1.82, 2.24) is 0 Å². The molecule has 0 radical (unpaired) electrons. The molecule has 0 heterocycles. The first-order chi connectivity index (χ1) is 8.86. The summed E-state index contributed by atoms with van der Waals surface area (Å²) in [5, 5.41) is 0. The first-order valence-electron chi connectivity index (χ1n) is 5.92. The normalized spacial score (nSPS) is 11.6. The second-order valence-electron chi connectivity index (χ2n) is 4.06. The van der Waals surface area contributed by atoms with Gasteiger partial charge in [0.25, 0.3) is 9.05 Å². The van der Waals surface area contributed by atoms with Gasteiger partial charge in [-0.15, -0.1) is 0 Å². The Morgan fingerprint density at radius 3 is 2.21 bits per heavy atom. The predicted octanol–water partition coefficient (Wildman–Crippen LogP) is 3.85. The molecule has 0 bridgehead atoms. The number of unbranched alkanes of at least 4 members (excludes halogenated alkanes) is 3. The molecule has 0 N–H and O–H groups in total. The van der Waals surface area contributed by atoms with E-state index >= 15 is 0 Å². The summed E-state index contributed by atoms with van der Waals surface area (Å²) < 4.78 is 54.0. The number of hydrogen-bond acceptors (Lipinski definition) is 3. The van der Waals surface area contributed by atoms with Gasteiger partial charge in [0.2, 0.25) is 0 Å². The van der Waals surface area contributed by atoms with Gasteiger partial charge in [-0.2, -0.15) is 0 Å². The van der Waals surface area contributed by atoms with Crippen molar-refractivity contribution >= 4 is 19.7 Å². The Morgan fingerprint density at radius 2 is 1.74 bits per heavy atom. The Bertz CT molecular complexity index is 509. The van der Waals surface area contributed by atoms with E-state index < -0.39 is 31.3 Å². The third-order valence-electron chi connectivity index (χ3n) is 2.50. The first-order valence-corrected chi connectivity index (χ1v) is 8.23. The molecule has 1 aromatic carbocycles. The van der Waals surface area contributed by atoms with Crippen LogP contribution in [0.15, 0.2) is 17.0 Å². The second-order valence-corrected chi connectivity index (χ2v) is 6.63. The van der Waals surface area contributed by atoms with E-state index in [0.717, 1.165) is 19.3 Å². The highest BCUT2D eigenvalue weighted by molar-refractivity contribution is 8.13. The molecule has 108 valence electrons. The van der Waals surface area contributed by atoms with E-state index in [1.165, 1.54) is 0 Å². The molecule has 0 saturated heterocycles. The smallest absolute Gasteiger partial charge is 0.261 e. The zero-order valence-corrected chi connectivity index (χ0v) is 12.0. The van der Waals surface area contributed by atoms with Gasteiger partial charge in [0.05, 0.1) is 11.5 Å². The van der Waals surface area contributed by atoms with E-state index in [-0.39, 0.29) is 6.61 Å². The Labute approximate surface area is 115 Å². The van der Waals surface area contributed by atoms with Crippen LogP contribution in [0.5, 0.6) is 5.75 Å². The van der Waals surface area contributed by atoms with E-state index in [2.05, 4.69) is 0 Å². The molecule has 1 aromatic rings. The summed E-state index contributed by atoms with van der Waals surface area (Å²) in [6.07, 6.45) is 3.67. The molecule has 1 rings (SSSR count). The lowest BCUT2D eigenvalue weighted by Crippen LogP contribution is -2.03. The average molecular weight is 313 g/mol. The fraction of sp³-hybridized carbons (Fsp3) is 0.500. The quantitative estimate of drug-likeness (QED) is 0.567. The molecule has 0 aliphatic carbocycles. The van der Waals surface area contributed by atoms with Crippen LogP contribution in [0.1, 0.15) is 32.6 Å². The van der Waals surface area contributed by atoms with Crippen LogP contribution in [0.4, 0.5) is 8.78 Å². The van der Waals surface area contributed by atoms with Crippen molar-refractivity contribution in [2.24, 2.45) is 0 Å². The van der Waals surface area contributed by atoms with Gasteiger partial charge in [-0.25, -0.2) is 17.2 Å². The maximum atomic E-state index is 13.5. The summed E-state index contributed by atoms with van der Waals surface area (Å²) in [6, 6.07) is 1.29. The lowest BCUT2D eigenvalue weighted by molar-refractivity contribution is 0.274. The number of halogens is 3. The van der Waals surface area contributed by atoms with Crippen LogP contribution in [-0.4, -0.2) is 15.0 Å². The molecule has 0 aromatic heterocycles. The van der Waals surface area contributed by atoms with E-state index in [9.17, 15) is 17.2 Å². The van der Waals surface area contributed by atoms with Crippen LogP contribution < -0.4 is 4.74 Å². The summed E-state index contributed by atoms with van der Waals surface area (Å²) in [6.45, 7) is 2.23. The molecule has 0 amide bonds. The monoisotopic (exact) mass is 312 g/mol. The van der Waals surface area contributed by atoms with Gasteiger partial charge in [-0.1, -0.05) is 26.2 Å². The summed E-state index contributed by atoms with van der Waals surface area (Å²) >= 11 is 0. The molecule has 19 heavy (non-hydrogen) atoms. The maximum absolute atomic E-state index is 13.5. The Hall–Kier alpha value is -0.880. The number of benzene rings is 1. The van der Waals surface area contributed by atoms with E-state index in [1.54, 1.807) is 0 Å². The molecule has 7 heteroatoms. The molecule has 0 spiro atoms. The fourth-order valence-corrected chi connectivity index (χ4v) is 2.27. The van der Waals surface area contributed by atoms with Gasteiger partial charge in [0.1, 0.15) is 0 Å². The highest BCUT2D eigenvalue weighted by Crippen LogP contribution is 2.27. The zero-order valence-electron chi connectivity index (χ0n) is 10.5. The fourth-order valence-electron chi connectivity index (χ4n) is 1.52. The highest BCUT2D eigenvalue weighted by atomic mass is 35.7. The number of hydrogen-bond donors (Lipinski definition) is 0. The summed E-state index contributed by atoms with van der Waals surface area (Å²) in [5.74, 6) is -2.72. The van der Waals surface area contributed by atoms with E-state index in [0.29, 0.717) is 18.6 Å². The van der Waals surface area contributed by atoms with Gasteiger partial charge < -0.3 is 4.74 Å². The molecule has 0 atom stereocenters. The van der Waals surface area contributed by atoms with Gasteiger partial charge >= 0.3 is 0 Å². The van der Waals surface area contributed by atoms with Crippen molar-refractivity contribution in [2.75, 3.05) is 6.61 Å². The lowest BCUT2D eigenvalue weighted by atomic mass is 10.2. The largest absolute Gasteiger partial charge is 0.488 e. The van der Waals surface area contributed by atoms with Crippen molar-refractivity contribution in [3.05, 3.63) is 23.8 Å². The van der Waals surface area contributed by atoms with Gasteiger partial charge in [0.15, 0.2) is 17.4 Å². The minimum atomic E-state index is -4.16. The zero-order chi connectivity index (χ0) is 14.5. The molecule has 0 unspecified atom stereocenters. The predicted molar refractivity (Wildman–Crippen MR) is 69.0 cm³/mol. The SMILES string of the molecule is CCCCCCOc1c(F)cc(S(=O)(=O)Cl)cc1F. The molecule has 0 fully saturated rings. The van der Waals surface area contributed by atoms with Crippen LogP contribution in [-0.2, 0) is 9.05 Å². The summed E-state index contributed by atoms with van der Waals surface area (Å²) in [4.78, 5) is -0.623. The molecule has 3 nitrogen and oxygen atoms in total. The minimum absolute atomic E-state index is 0.181. The summed E-state index contributed by atoms with van der Waals surface area (Å²) in [5.41, 5.74) is 0. The number of rotatable bonds is 7. The average Bonchev–Trinajstić information content (AvgIpc) is 2.30. The van der Waals surface area contributed by atoms with Gasteiger partial charge in [-0.05, 0) is 18.6 Å². The molecule has 0 saturated carbocycles. The molecule has 0 aliphatic rings. The van der Waals surface area contributed by atoms with Crippen molar-refractivity contribution in [2.45, 2.75) is 37.5 Å². The van der Waals surface area contributed by atoms with Crippen molar-refractivity contribution < 1.29 is 21.9 Å². The Balaban J connectivity index is 2.75. The van der Waals surface area contributed by atoms with E-state index in [1.807, 2.05) is 6.92 Å². The first kappa shape index (κ1) is 16.2. The second kappa shape index (κ2) is 7.05. The molecule has 0 aliphatic heterocycles. The van der Waals surface area contributed by atoms with Crippen molar-refractivity contribution in [1.29, 1.82) is 0 Å². The third-order valence-corrected chi connectivity index (χ3v) is 3.83. The lowest BCUT2D eigenvalue weighted by Gasteiger charge is -2.09. The minimum Gasteiger partial charge on any atom is -0.488 e. The topological polar surface area (TPSA) is 43.4 Å². The van der Waals surface area contributed by atoms with Crippen molar-refractivity contribution in [3.63, 3.8) is 0 Å². The van der Waals surface area contributed by atoms with Crippen molar-refractivity contribution in [3.8, 4) is 5.75 Å². The Kier molecular flexibility index (Phi) is 6.00. The van der Waals surface area contributed by atoms with Crippen LogP contribution >= 0.6 is 10.7 Å². The van der Waals surface area contributed by atoms with Crippen LogP contribution in [0.2, 0.25) is 0 Å². The molecular weight excluding hydrogens is 298 g/mol. The number of ether oxygens (including phenoxy) is 1. The standard InChI is InChI=1S/C12H15ClF2O3S/c1-2-3-4-5-6-18-12-10(14)7-9(8-11(12)15)19(13,16)17/h7-8H,2-6H2,1H3. The van der Waals surface area contributed by atoms with Gasteiger partial charge in [-0.3, -0.25) is 0 Å². The van der Waals surface area contributed by atoms with Crippen LogP contribution in [0.3, 0.4) is 0 Å². The molecular formula is C12H15ClF2O3S. The van der Waals surface area contributed by atoms with Crippen LogP contribution in [0.25, 0.3) is 0 Å². The van der Waals surface area contributed by atoms with Gasteiger partial charge in [0, 0.05) is 10.7 Å². The van der Waals surface area contributed by atoms with Crippen LogP contribution in [0, 0.1) is 11.6 Å². The summed E-state index contributed by atoms with van der Waals surface area (Å²) in [7, 11) is 0.854. The highest BCUT2D eigenvalue weighted by Gasteiger charge is 2.18.